The molecule has 2 aromatic rings. The van der Waals surface area contributed by atoms with E-state index in [2.05, 4.69) is 51.2 Å². The van der Waals surface area contributed by atoms with Gasteiger partial charge in [0.15, 0.2) is 0 Å². The van der Waals surface area contributed by atoms with Crippen LogP contribution in [0.2, 0.25) is 10.0 Å². The molecule has 0 unspecified atom stereocenters. The van der Waals surface area contributed by atoms with Gasteiger partial charge in [0, 0.05) is 22.3 Å². The molecule has 0 atom stereocenters. The second-order valence-electron chi connectivity index (χ2n) is 7.40. The molecule has 0 bridgehead atoms. The first-order valence-electron chi connectivity index (χ1n) is 8.65. The average Bonchev–Trinajstić information content (AvgIpc) is 2.52. The van der Waals surface area contributed by atoms with E-state index in [1.165, 1.54) is 11.1 Å². The van der Waals surface area contributed by atoms with Gasteiger partial charge in [-0.2, -0.15) is 0 Å². The predicted octanol–water partition coefficient (Wildman–Crippen LogP) is 6.91. The van der Waals surface area contributed by atoms with Crippen LogP contribution < -0.4 is 10.1 Å². The van der Waals surface area contributed by atoms with E-state index < -0.39 is 0 Å². The van der Waals surface area contributed by atoms with E-state index >= 15 is 0 Å². The number of benzene rings is 2. The fourth-order valence-corrected chi connectivity index (χ4v) is 3.21. The number of ether oxygens (including phenoxy) is 1. The Labute approximate surface area is 161 Å². The highest BCUT2D eigenvalue weighted by molar-refractivity contribution is 6.35. The van der Waals surface area contributed by atoms with Crippen molar-refractivity contribution >= 4 is 28.9 Å². The lowest BCUT2D eigenvalue weighted by molar-refractivity contribution is 0.263. The summed E-state index contributed by atoms with van der Waals surface area (Å²) in [6.07, 6.45) is 2.08. The van der Waals surface area contributed by atoms with Crippen LogP contribution in [0.3, 0.4) is 0 Å². The third kappa shape index (κ3) is 6.80. The number of nitrogens with one attached hydrogen (secondary N) is 1. The van der Waals surface area contributed by atoms with Crippen molar-refractivity contribution < 1.29 is 4.74 Å². The van der Waals surface area contributed by atoms with E-state index in [-0.39, 0.29) is 5.41 Å². The van der Waals surface area contributed by atoms with Crippen molar-refractivity contribution in [2.75, 3.05) is 18.5 Å². The van der Waals surface area contributed by atoms with Crippen LogP contribution in [-0.2, 0) is 0 Å². The maximum atomic E-state index is 6.04. The molecular weight excluding hydrogens is 353 g/mol. The molecule has 4 heteroatoms. The highest BCUT2D eigenvalue weighted by Gasteiger charge is 2.17. The summed E-state index contributed by atoms with van der Waals surface area (Å²) >= 11 is 12.1. The molecule has 0 aliphatic carbocycles. The van der Waals surface area contributed by atoms with Crippen molar-refractivity contribution in [1.82, 2.24) is 0 Å². The van der Waals surface area contributed by atoms with E-state index in [1.54, 1.807) is 6.07 Å². The number of aryl methyl sites for hydroxylation is 2. The number of rotatable bonds is 8. The number of halogens is 2. The summed E-state index contributed by atoms with van der Waals surface area (Å²) in [7, 11) is 0. The molecule has 2 nitrogen and oxygen atoms in total. The van der Waals surface area contributed by atoms with E-state index in [9.17, 15) is 0 Å². The summed E-state index contributed by atoms with van der Waals surface area (Å²) in [5, 5.41) is 4.73. The Balaban J connectivity index is 1.78. The SMILES string of the molecule is Cc1ccc(C)c(OCCCC(C)(C)CNc2cc(Cl)cc(Cl)c2)c1. The first kappa shape index (κ1) is 19.9. The molecule has 0 radical (unpaired) electrons. The normalized spacial score (nSPS) is 11.4. The molecule has 2 rings (SSSR count). The molecule has 0 aliphatic heterocycles. The number of hydrogen-bond acceptors (Lipinski definition) is 2. The lowest BCUT2D eigenvalue weighted by atomic mass is 9.88. The number of anilines is 1. The highest BCUT2D eigenvalue weighted by atomic mass is 35.5. The fourth-order valence-electron chi connectivity index (χ4n) is 2.68. The molecule has 2 aromatic carbocycles. The molecule has 0 saturated carbocycles. The zero-order valence-corrected chi connectivity index (χ0v) is 17.0. The van der Waals surface area contributed by atoms with Crippen LogP contribution in [0.1, 0.15) is 37.8 Å². The van der Waals surface area contributed by atoms with Gasteiger partial charge in [-0.25, -0.2) is 0 Å². The van der Waals surface area contributed by atoms with Gasteiger partial charge in [-0.3, -0.25) is 0 Å². The van der Waals surface area contributed by atoms with E-state index in [0.717, 1.165) is 37.4 Å². The van der Waals surface area contributed by atoms with Crippen LogP contribution in [-0.4, -0.2) is 13.2 Å². The van der Waals surface area contributed by atoms with Gasteiger partial charge in [0.25, 0.3) is 0 Å². The molecule has 0 amide bonds. The van der Waals surface area contributed by atoms with Crippen LogP contribution in [0.4, 0.5) is 5.69 Å². The maximum Gasteiger partial charge on any atom is 0.122 e. The van der Waals surface area contributed by atoms with Gasteiger partial charge < -0.3 is 10.1 Å². The largest absolute Gasteiger partial charge is 0.493 e. The Morgan fingerprint density at radius 1 is 1.00 bits per heavy atom. The first-order chi connectivity index (χ1) is 11.7. The molecule has 0 fully saturated rings. The minimum Gasteiger partial charge on any atom is -0.493 e. The van der Waals surface area contributed by atoms with Crippen LogP contribution in [0.15, 0.2) is 36.4 Å². The van der Waals surface area contributed by atoms with Crippen molar-refractivity contribution in [3.63, 3.8) is 0 Å². The minimum atomic E-state index is 0.153. The lowest BCUT2D eigenvalue weighted by Crippen LogP contribution is -2.23. The summed E-state index contributed by atoms with van der Waals surface area (Å²) in [5.41, 5.74) is 3.52. The zero-order valence-electron chi connectivity index (χ0n) is 15.5. The quantitative estimate of drug-likeness (QED) is 0.503. The molecule has 0 aromatic heterocycles. The van der Waals surface area contributed by atoms with Gasteiger partial charge in [0.2, 0.25) is 0 Å². The molecule has 0 heterocycles. The van der Waals surface area contributed by atoms with Gasteiger partial charge in [-0.15, -0.1) is 0 Å². The molecule has 0 saturated heterocycles. The smallest absolute Gasteiger partial charge is 0.122 e. The summed E-state index contributed by atoms with van der Waals surface area (Å²) < 4.78 is 5.95. The molecule has 25 heavy (non-hydrogen) atoms. The Kier molecular flexibility index (Phi) is 7.04. The second-order valence-corrected chi connectivity index (χ2v) is 8.27. The van der Waals surface area contributed by atoms with E-state index in [1.807, 2.05) is 12.1 Å². The van der Waals surface area contributed by atoms with Gasteiger partial charge in [-0.1, -0.05) is 49.2 Å². The van der Waals surface area contributed by atoms with Crippen LogP contribution in [0.5, 0.6) is 5.75 Å². The first-order valence-corrected chi connectivity index (χ1v) is 9.41. The summed E-state index contributed by atoms with van der Waals surface area (Å²) in [6, 6.07) is 11.9. The number of hydrogen-bond donors (Lipinski definition) is 1. The van der Waals surface area contributed by atoms with E-state index in [0.29, 0.717) is 10.0 Å². The van der Waals surface area contributed by atoms with Gasteiger partial charge in [-0.05, 0) is 67.5 Å². The maximum absolute atomic E-state index is 6.04. The predicted molar refractivity (Wildman–Crippen MR) is 109 cm³/mol. The van der Waals surface area contributed by atoms with Gasteiger partial charge in [0.05, 0.1) is 6.61 Å². The Bertz CT molecular complexity index is 693. The fraction of sp³-hybridized carbons (Fsp3) is 0.429. The standard InChI is InChI=1S/C21H27Cl2NO/c1-15-6-7-16(2)20(10-15)25-9-5-8-21(3,4)14-24-19-12-17(22)11-18(23)13-19/h6-7,10-13,24H,5,8-9,14H2,1-4H3. The molecule has 1 N–H and O–H groups in total. The zero-order chi connectivity index (χ0) is 18.4. The summed E-state index contributed by atoms with van der Waals surface area (Å²) in [5.74, 6) is 0.990. The second kappa shape index (κ2) is 8.82. The topological polar surface area (TPSA) is 21.3 Å². The van der Waals surface area contributed by atoms with Crippen molar-refractivity contribution in [1.29, 1.82) is 0 Å². The highest BCUT2D eigenvalue weighted by Crippen LogP contribution is 2.27. The Morgan fingerprint density at radius 3 is 2.36 bits per heavy atom. The van der Waals surface area contributed by atoms with Crippen molar-refractivity contribution in [3.05, 3.63) is 57.6 Å². The molecule has 0 spiro atoms. The van der Waals surface area contributed by atoms with Gasteiger partial charge >= 0.3 is 0 Å². The monoisotopic (exact) mass is 379 g/mol. The summed E-state index contributed by atoms with van der Waals surface area (Å²) in [4.78, 5) is 0. The average molecular weight is 380 g/mol. The molecule has 136 valence electrons. The van der Waals surface area contributed by atoms with Crippen molar-refractivity contribution in [2.45, 2.75) is 40.5 Å². The lowest BCUT2D eigenvalue weighted by Gasteiger charge is -2.26. The molecular formula is C21H27Cl2NO. The third-order valence-corrected chi connectivity index (χ3v) is 4.67. The van der Waals surface area contributed by atoms with Crippen molar-refractivity contribution in [3.8, 4) is 5.75 Å². The third-order valence-electron chi connectivity index (χ3n) is 4.23. The minimum absolute atomic E-state index is 0.153. The Hall–Kier alpha value is -1.38. The molecule has 0 aliphatic rings. The Morgan fingerprint density at radius 2 is 1.68 bits per heavy atom. The van der Waals surface area contributed by atoms with Crippen LogP contribution >= 0.6 is 23.2 Å². The van der Waals surface area contributed by atoms with Crippen LogP contribution in [0, 0.1) is 19.3 Å². The van der Waals surface area contributed by atoms with Crippen LogP contribution in [0.25, 0.3) is 0 Å². The summed E-state index contributed by atoms with van der Waals surface area (Å²) in [6.45, 7) is 10.3. The van der Waals surface area contributed by atoms with Gasteiger partial charge in [0.1, 0.15) is 5.75 Å². The van der Waals surface area contributed by atoms with E-state index in [4.69, 9.17) is 27.9 Å². The van der Waals surface area contributed by atoms with Crippen molar-refractivity contribution in [2.24, 2.45) is 5.41 Å².